The fraction of sp³-hybridized carbons (Fsp3) is 0.491. The third kappa shape index (κ3) is 15.4. The highest BCUT2D eigenvalue weighted by Crippen LogP contribution is 2.39. The Labute approximate surface area is 421 Å². The van der Waals surface area contributed by atoms with Gasteiger partial charge in [0.1, 0.15) is 30.5 Å². The van der Waals surface area contributed by atoms with E-state index in [1.54, 1.807) is 41.0 Å². The summed E-state index contributed by atoms with van der Waals surface area (Å²) in [4.78, 5) is 55.8. The lowest BCUT2D eigenvalue weighted by Gasteiger charge is -2.38. The summed E-state index contributed by atoms with van der Waals surface area (Å²) >= 11 is 0. The summed E-state index contributed by atoms with van der Waals surface area (Å²) in [6.07, 6.45) is 7.31. The molecule has 71 heavy (non-hydrogen) atoms. The number of nitrogens with one attached hydrogen (secondary N) is 1. The molecule has 386 valence electrons. The van der Waals surface area contributed by atoms with E-state index in [0.29, 0.717) is 112 Å². The van der Waals surface area contributed by atoms with Gasteiger partial charge in [0.15, 0.2) is 19.8 Å². The molecule has 2 atom stereocenters. The number of amides is 3. The molecule has 0 radical (unpaired) electrons. The maximum absolute atomic E-state index is 14.3. The number of anilines is 2. The fourth-order valence-electron chi connectivity index (χ4n) is 8.00. The van der Waals surface area contributed by atoms with Crippen LogP contribution in [0.3, 0.4) is 0 Å². The highest BCUT2D eigenvalue weighted by atomic mass is 28.4. The first kappa shape index (κ1) is 55.8. The summed E-state index contributed by atoms with van der Waals surface area (Å²) < 4.78 is 41.1. The SMILES string of the molecule is C=CCOC(=O)Nc1cc(OCCCCCOc2cc(N)c(C(=O)N3C=C(c4ccc(OCCOCCC(C)=O)cc4)C[C@H]3CC)cc2OC)c(C)cc1C(=O)N1CC(=C)C[C@H]1CO[Si](C)(C)C(C)(C)C. The Bertz CT molecular complexity index is 2390. The average Bonchev–Trinajstić information content (AvgIpc) is 3.94. The number of hydrogen-bond donors (Lipinski definition) is 2. The molecular weight excluding hydrogens is 921 g/mol. The number of nitrogens with zero attached hydrogens (tertiary/aromatic N) is 2. The summed E-state index contributed by atoms with van der Waals surface area (Å²) in [5, 5.41) is 2.78. The van der Waals surface area contributed by atoms with Gasteiger partial charge in [-0.25, -0.2) is 4.79 Å². The van der Waals surface area contributed by atoms with Gasteiger partial charge >= 0.3 is 6.09 Å². The van der Waals surface area contributed by atoms with Gasteiger partial charge in [0.25, 0.3) is 11.8 Å². The number of ketones is 1. The molecule has 3 amide bonds. The van der Waals surface area contributed by atoms with Crippen molar-refractivity contribution in [2.45, 2.75) is 117 Å². The molecule has 0 aliphatic carbocycles. The van der Waals surface area contributed by atoms with E-state index in [1.807, 2.05) is 37.4 Å². The molecule has 2 heterocycles. The number of Topliss-reactive ketones (excluding diaryl/α,β-unsaturated/α-hetero) is 1. The summed E-state index contributed by atoms with van der Waals surface area (Å²) in [5.74, 6) is 1.72. The number of rotatable bonds is 26. The van der Waals surface area contributed by atoms with Crippen LogP contribution in [0.25, 0.3) is 5.57 Å². The van der Waals surface area contributed by atoms with E-state index in [1.165, 1.54) is 13.2 Å². The molecule has 3 N–H and O–H groups in total. The molecule has 3 aromatic carbocycles. The Balaban J connectivity index is 1.15. The largest absolute Gasteiger partial charge is 0.493 e. The number of methoxy groups -OCH3 is 1. The highest BCUT2D eigenvalue weighted by Gasteiger charge is 2.40. The first-order valence-electron chi connectivity index (χ1n) is 24.6. The molecule has 0 aromatic heterocycles. The van der Waals surface area contributed by atoms with Gasteiger partial charge in [-0.1, -0.05) is 64.6 Å². The summed E-state index contributed by atoms with van der Waals surface area (Å²) in [6, 6.07) is 14.2. The molecule has 2 aliphatic rings. The van der Waals surface area contributed by atoms with Crippen molar-refractivity contribution in [2.75, 3.05) is 71.0 Å². The number of hydrogen-bond acceptors (Lipinski definition) is 12. The predicted octanol–water partition coefficient (Wildman–Crippen LogP) is 10.8. The van der Waals surface area contributed by atoms with E-state index in [-0.39, 0.29) is 52.7 Å². The van der Waals surface area contributed by atoms with E-state index in [2.05, 4.69) is 59.3 Å². The fourth-order valence-corrected chi connectivity index (χ4v) is 9.04. The van der Waals surface area contributed by atoms with Crippen molar-refractivity contribution in [3.63, 3.8) is 0 Å². The van der Waals surface area contributed by atoms with E-state index in [9.17, 15) is 19.2 Å². The number of carbonyl (C=O) groups is 4. The first-order valence-corrected chi connectivity index (χ1v) is 27.5. The monoisotopic (exact) mass is 997 g/mol. The number of likely N-dealkylation sites (tertiary alicyclic amines) is 1. The van der Waals surface area contributed by atoms with Gasteiger partial charge < -0.3 is 48.4 Å². The lowest BCUT2D eigenvalue weighted by molar-refractivity contribution is -0.118. The lowest BCUT2D eigenvalue weighted by Crippen LogP contribution is -2.46. The third-order valence-corrected chi connectivity index (χ3v) is 17.7. The Morgan fingerprint density at radius 2 is 1.56 bits per heavy atom. The molecule has 0 bridgehead atoms. The van der Waals surface area contributed by atoms with Gasteiger partial charge in [0, 0.05) is 43.0 Å². The van der Waals surface area contributed by atoms with Crippen LogP contribution in [-0.2, 0) is 18.7 Å². The van der Waals surface area contributed by atoms with Gasteiger partial charge in [0.05, 0.1) is 63.0 Å². The molecule has 0 spiro atoms. The van der Waals surface area contributed by atoms with Crippen LogP contribution in [0, 0.1) is 6.92 Å². The Kier molecular flexibility index (Phi) is 20.3. The number of benzene rings is 3. The molecule has 0 saturated carbocycles. The Hall–Kier alpha value is -6.10. The van der Waals surface area contributed by atoms with Gasteiger partial charge in [-0.15, -0.1) is 0 Å². The summed E-state index contributed by atoms with van der Waals surface area (Å²) in [5.41, 5.74) is 11.5. The minimum absolute atomic E-state index is 0.00830. The second kappa shape index (κ2) is 25.8. The van der Waals surface area contributed by atoms with Crippen molar-refractivity contribution < 1.29 is 52.0 Å². The molecule has 1 fully saturated rings. The highest BCUT2D eigenvalue weighted by molar-refractivity contribution is 6.74. The van der Waals surface area contributed by atoms with Crippen molar-refractivity contribution in [1.82, 2.24) is 9.80 Å². The molecule has 1 saturated heterocycles. The molecule has 5 rings (SSSR count). The van der Waals surface area contributed by atoms with Crippen molar-refractivity contribution in [3.8, 4) is 23.0 Å². The average molecular weight is 997 g/mol. The topological polar surface area (TPSA) is 177 Å². The van der Waals surface area contributed by atoms with Gasteiger partial charge in [-0.2, -0.15) is 0 Å². The van der Waals surface area contributed by atoms with Crippen LogP contribution >= 0.6 is 0 Å². The normalized spacial score (nSPS) is 15.8. The van der Waals surface area contributed by atoms with Crippen molar-refractivity contribution in [1.29, 1.82) is 0 Å². The smallest absolute Gasteiger partial charge is 0.411 e. The predicted molar refractivity (Wildman–Crippen MR) is 281 cm³/mol. The quantitative estimate of drug-likeness (QED) is 0.0337. The van der Waals surface area contributed by atoms with E-state index >= 15 is 0 Å². The van der Waals surface area contributed by atoms with Crippen molar-refractivity contribution >= 4 is 49.0 Å². The number of ether oxygens (including phenoxy) is 6. The molecular formula is C55H76N4O11Si. The number of nitrogens with two attached hydrogens (primary N) is 1. The molecule has 3 aromatic rings. The minimum atomic E-state index is -2.08. The van der Waals surface area contributed by atoms with E-state index < -0.39 is 14.4 Å². The van der Waals surface area contributed by atoms with Crippen LogP contribution in [0.1, 0.15) is 111 Å². The van der Waals surface area contributed by atoms with E-state index in [0.717, 1.165) is 35.1 Å². The Morgan fingerprint density at radius 3 is 2.21 bits per heavy atom. The molecule has 0 unspecified atom stereocenters. The second-order valence-corrected chi connectivity index (χ2v) is 24.5. The maximum atomic E-state index is 14.3. The standard InChI is InChI=1S/C55H76N4O11Si/c1-12-22-69-54(63)57-48-33-49(38(4)29-46(48)53(62)58-34-37(3)28-43(58)36-70-71(10,11)55(6,7)8)67-23-15-14-16-24-68-51-32-47(56)45(31-50(51)64-9)52(61)59-35-41(30-42(59)13-2)40-17-19-44(20-18-40)66-27-26-65-25-21-39(5)60/h12,17-20,29,31-33,35,42-43H,1,3,13-16,21-28,30,34,36,56H2,2,4-11H3,(H,57,63)/t42-,43+/m1/s1. The lowest BCUT2D eigenvalue weighted by atomic mass is 10.0. The van der Waals surface area contributed by atoms with Crippen LogP contribution in [0.2, 0.25) is 18.1 Å². The van der Waals surface area contributed by atoms with Crippen LogP contribution in [0.5, 0.6) is 23.0 Å². The zero-order chi connectivity index (χ0) is 51.9. The van der Waals surface area contributed by atoms with Crippen LogP contribution in [-0.4, -0.2) is 114 Å². The Morgan fingerprint density at radius 1 is 0.859 bits per heavy atom. The van der Waals surface area contributed by atoms with Gasteiger partial charge in [-0.05, 0) is 111 Å². The van der Waals surface area contributed by atoms with Gasteiger partial charge in [0.2, 0.25) is 0 Å². The molecule has 16 heteroatoms. The van der Waals surface area contributed by atoms with Crippen molar-refractivity contribution in [2.24, 2.45) is 0 Å². The van der Waals surface area contributed by atoms with Crippen molar-refractivity contribution in [3.05, 3.63) is 102 Å². The second-order valence-electron chi connectivity index (χ2n) is 19.7. The number of aryl methyl sites for hydroxylation is 1. The third-order valence-electron chi connectivity index (χ3n) is 13.2. The molecule has 2 aliphatic heterocycles. The first-order chi connectivity index (χ1) is 33.8. The maximum Gasteiger partial charge on any atom is 0.411 e. The zero-order valence-corrected chi connectivity index (χ0v) is 44.4. The zero-order valence-electron chi connectivity index (χ0n) is 43.4. The van der Waals surface area contributed by atoms with E-state index in [4.69, 9.17) is 38.6 Å². The number of unbranched alkanes of at least 4 members (excludes halogenated alkanes) is 2. The van der Waals surface area contributed by atoms with Gasteiger partial charge in [-0.3, -0.25) is 19.7 Å². The van der Waals surface area contributed by atoms with Crippen LogP contribution < -0.4 is 30.0 Å². The summed E-state index contributed by atoms with van der Waals surface area (Å²) in [6.45, 7) is 27.0. The van der Waals surface area contributed by atoms with Crippen LogP contribution in [0.15, 0.2) is 79.5 Å². The van der Waals surface area contributed by atoms with Crippen LogP contribution in [0.4, 0.5) is 16.2 Å². The molecule has 15 nitrogen and oxygen atoms in total. The summed E-state index contributed by atoms with van der Waals surface area (Å²) in [7, 11) is -0.546. The minimum Gasteiger partial charge on any atom is -0.493 e. The number of nitrogen functional groups attached to an aromatic ring is 1. The number of carbonyl (C=O) groups excluding carboxylic acids is 4.